The number of nitrogens with zero attached hydrogens (tertiary/aromatic N) is 3. The Hall–Kier alpha value is -0.850. The molecule has 17 heavy (non-hydrogen) atoms. The standard InChI is InChI=1S/C11H16N4S2/c1-5-8(12-4)10-14-15-11(17-10)9-6(2)13-7(3)16-9/h8,12H,5H2,1-4H3. The molecule has 0 saturated heterocycles. The fourth-order valence-electron chi connectivity index (χ4n) is 1.70. The molecule has 1 atom stereocenters. The SMILES string of the molecule is CCC(NC)c1nnc(-c2sc(C)nc2C)s1. The first-order valence-corrected chi connectivity index (χ1v) is 7.24. The zero-order valence-corrected chi connectivity index (χ0v) is 12.1. The first-order chi connectivity index (χ1) is 8.15. The van der Waals surface area contributed by atoms with E-state index in [0.29, 0.717) is 6.04 Å². The Balaban J connectivity index is 2.32. The molecule has 2 aromatic heterocycles. The number of nitrogens with one attached hydrogen (secondary N) is 1. The van der Waals surface area contributed by atoms with Crippen molar-refractivity contribution in [2.75, 3.05) is 7.05 Å². The van der Waals surface area contributed by atoms with Gasteiger partial charge in [-0.25, -0.2) is 4.98 Å². The molecule has 0 spiro atoms. The van der Waals surface area contributed by atoms with Crippen LogP contribution in [0.3, 0.4) is 0 Å². The summed E-state index contributed by atoms with van der Waals surface area (Å²) in [6, 6.07) is 0.301. The summed E-state index contributed by atoms with van der Waals surface area (Å²) in [5.41, 5.74) is 1.05. The minimum absolute atomic E-state index is 0.301. The lowest BCUT2D eigenvalue weighted by atomic mass is 10.2. The maximum Gasteiger partial charge on any atom is 0.159 e. The zero-order chi connectivity index (χ0) is 12.4. The van der Waals surface area contributed by atoms with Gasteiger partial charge < -0.3 is 5.32 Å². The summed E-state index contributed by atoms with van der Waals surface area (Å²) < 4.78 is 0. The van der Waals surface area contributed by atoms with Crippen LogP contribution < -0.4 is 5.32 Å². The molecule has 0 aliphatic heterocycles. The highest BCUT2D eigenvalue weighted by atomic mass is 32.1. The van der Waals surface area contributed by atoms with E-state index in [2.05, 4.69) is 27.4 Å². The molecule has 1 unspecified atom stereocenters. The van der Waals surface area contributed by atoms with E-state index >= 15 is 0 Å². The Labute approximate surface area is 109 Å². The Bertz CT molecular complexity index is 499. The molecule has 4 nitrogen and oxygen atoms in total. The van der Waals surface area contributed by atoms with Gasteiger partial charge in [-0.15, -0.1) is 21.5 Å². The highest BCUT2D eigenvalue weighted by molar-refractivity contribution is 7.21. The highest BCUT2D eigenvalue weighted by Crippen LogP contribution is 2.33. The average Bonchev–Trinajstić information content (AvgIpc) is 2.87. The van der Waals surface area contributed by atoms with E-state index in [1.54, 1.807) is 22.7 Å². The molecule has 0 saturated carbocycles. The second kappa shape index (κ2) is 5.20. The molecule has 0 fully saturated rings. The summed E-state index contributed by atoms with van der Waals surface area (Å²) in [6.45, 7) is 6.19. The van der Waals surface area contributed by atoms with E-state index in [0.717, 1.165) is 32.0 Å². The predicted molar refractivity (Wildman–Crippen MR) is 72.6 cm³/mol. The van der Waals surface area contributed by atoms with Crippen molar-refractivity contribution in [2.24, 2.45) is 0 Å². The summed E-state index contributed by atoms with van der Waals surface area (Å²) in [5.74, 6) is 0. The molecular weight excluding hydrogens is 252 g/mol. The highest BCUT2D eigenvalue weighted by Gasteiger charge is 2.16. The smallest absolute Gasteiger partial charge is 0.159 e. The van der Waals surface area contributed by atoms with Crippen molar-refractivity contribution in [1.29, 1.82) is 0 Å². The van der Waals surface area contributed by atoms with Gasteiger partial charge in [0.05, 0.1) is 21.6 Å². The van der Waals surface area contributed by atoms with Crippen LogP contribution in [0.5, 0.6) is 0 Å². The second-order valence-electron chi connectivity index (χ2n) is 3.84. The Morgan fingerprint density at radius 1 is 1.24 bits per heavy atom. The molecule has 0 aromatic carbocycles. The molecule has 2 aromatic rings. The molecule has 0 radical (unpaired) electrons. The topological polar surface area (TPSA) is 50.7 Å². The van der Waals surface area contributed by atoms with Gasteiger partial charge in [0.15, 0.2) is 5.01 Å². The van der Waals surface area contributed by atoms with E-state index in [4.69, 9.17) is 0 Å². The second-order valence-corrected chi connectivity index (χ2v) is 6.05. The molecule has 1 N–H and O–H groups in total. The van der Waals surface area contributed by atoms with Crippen LogP contribution in [0.1, 0.15) is 35.1 Å². The summed E-state index contributed by atoms with van der Waals surface area (Å²) in [4.78, 5) is 5.57. The lowest BCUT2D eigenvalue weighted by Crippen LogP contribution is -2.14. The van der Waals surface area contributed by atoms with E-state index in [-0.39, 0.29) is 0 Å². The van der Waals surface area contributed by atoms with Crippen LogP contribution in [0.4, 0.5) is 0 Å². The molecular formula is C11H16N4S2. The number of hydrogen-bond donors (Lipinski definition) is 1. The van der Waals surface area contributed by atoms with E-state index < -0.39 is 0 Å². The van der Waals surface area contributed by atoms with Gasteiger partial charge in [-0.3, -0.25) is 0 Å². The van der Waals surface area contributed by atoms with Crippen molar-refractivity contribution in [1.82, 2.24) is 20.5 Å². The van der Waals surface area contributed by atoms with Gasteiger partial charge in [0.25, 0.3) is 0 Å². The van der Waals surface area contributed by atoms with Crippen molar-refractivity contribution in [3.63, 3.8) is 0 Å². The third-order valence-electron chi connectivity index (χ3n) is 2.59. The lowest BCUT2D eigenvalue weighted by molar-refractivity contribution is 0.568. The van der Waals surface area contributed by atoms with Gasteiger partial charge >= 0.3 is 0 Å². The van der Waals surface area contributed by atoms with Gasteiger partial charge in [-0.1, -0.05) is 18.3 Å². The van der Waals surface area contributed by atoms with Crippen LogP contribution in [0.2, 0.25) is 0 Å². The summed E-state index contributed by atoms with van der Waals surface area (Å²) >= 11 is 3.34. The number of hydrogen-bond acceptors (Lipinski definition) is 6. The van der Waals surface area contributed by atoms with Crippen LogP contribution >= 0.6 is 22.7 Å². The summed E-state index contributed by atoms with van der Waals surface area (Å²) in [6.07, 6.45) is 1.02. The minimum atomic E-state index is 0.301. The molecule has 92 valence electrons. The fraction of sp³-hybridized carbons (Fsp3) is 0.545. The van der Waals surface area contributed by atoms with Crippen molar-refractivity contribution >= 4 is 22.7 Å². The van der Waals surface area contributed by atoms with Crippen LogP contribution in [0, 0.1) is 13.8 Å². The first-order valence-electron chi connectivity index (χ1n) is 5.60. The Morgan fingerprint density at radius 2 is 2.00 bits per heavy atom. The van der Waals surface area contributed by atoms with Crippen LogP contribution in [-0.4, -0.2) is 22.2 Å². The number of thiazole rings is 1. The van der Waals surface area contributed by atoms with Gasteiger partial charge in [0.2, 0.25) is 0 Å². The molecule has 0 amide bonds. The normalized spacial score (nSPS) is 12.9. The van der Waals surface area contributed by atoms with Crippen molar-refractivity contribution in [3.05, 3.63) is 15.7 Å². The molecule has 0 aliphatic carbocycles. The largest absolute Gasteiger partial charge is 0.311 e. The van der Waals surface area contributed by atoms with E-state index in [1.165, 1.54) is 0 Å². The van der Waals surface area contributed by atoms with Gasteiger partial charge in [0.1, 0.15) is 5.01 Å². The third kappa shape index (κ3) is 2.53. The number of aryl methyl sites for hydroxylation is 2. The predicted octanol–water partition coefficient (Wildman–Crippen LogP) is 2.95. The van der Waals surface area contributed by atoms with Crippen molar-refractivity contribution < 1.29 is 0 Å². The fourth-order valence-corrected chi connectivity index (χ4v) is 3.78. The minimum Gasteiger partial charge on any atom is -0.311 e. The summed E-state index contributed by atoms with van der Waals surface area (Å²) in [5, 5.41) is 14.9. The Kier molecular flexibility index (Phi) is 3.86. The summed E-state index contributed by atoms with van der Waals surface area (Å²) in [7, 11) is 1.96. The zero-order valence-electron chi connectivity index (χ0n) is 10.4. The maximum atomic E-state index is 4.42. The molecule has 2 heterocycles. The number of rotatable bonds is 4. The number of aromatic nitrogens is 3. The first kappa shape index (κ1) is 12.6. The van der Waals surface area contributed by atoms with Crippen molar-refractivity contribution in [2.45, 2.75) is 33.2 Å². The third-order valence-corrected chi connectivity index (χ3v) is 4.86. The van der Waals surface area contributed by atoms with E-state index in [1.807, 2.05) is 20.9 Å². The van der Waals surface area contributed by atoms with Crippen LogP contribution in [-0.2, 0) is 0 Å². The quantitative estimate of drug-likeness (QED) is 0.926. The molecule has 6 heteroatoms. The molecule has 2 rings (SSSR count). The maximum absolute atomic E-state index is 4.42. The monoisotopic (exact) mass is 268 g/mol. The van der Waals surface area contributed by atoms with Gasteiger partial charge in [0, 0.05) is 0 Å². The Morgan fingerprint density at radius 3 is 2.53 bits per heavy atom. The molecule has 0 bridgehead atoms. The average molecular weight is 268 g/mol. The van der Waals surface area contributed by atoms with Crippen molar-refractivity contribution in [3.8, 4) is 9.88 Å². The van der Waals surface area contributed by atoms with Gasteiger partial charge in [-0.05, 0) is 27.3 Å². The lowest BCUT2D eigenvalue weighted by Gasteiger charge is -2.07. The van der Waals surface area contributed by atoms with Crippen LogP contribution in [0.15, 0.2) is 0 Å². The molecule has 0 aliphatic rings. The van der Waals surface area contributed by atoms with E-state index in [9.17, 15) is 0 Å². The van der Waals surface area contributed by atoms with Crippen LogP contribution in [0.25, 0.3) is 9.88 Å². The van der Waals surface area contributed by atoms with Gasteiger partial charge in [-0.2, -0.15) is 0 Å².